The molecule has 0 saturated heterocycles. The van der Waals surface area contributed by atoms with E-state index in [0.717, 1.165) is 5.56 Å². The minimum Gasteiger partial charge on any atom is -0.384 e. The molecule has 2 rings (SSSR count). The largest absolute Gasteiger partial charge is 0.384 e. The molecule has 0 aliphatic heterocycles. The molecule has 0 aromatic heterocycles. The topological polar surface area (TPSA) is 49.3 Å². The van der Waals surface area contributed by atoms with Crippen LogP contribution in [0.1, 0.15) is 49.2 Å². The van der Waals surface area contributed by atoms with E-state index < -0.39 is 0 Å². The number of aryl methyl sites for hydroxylation is 1. The van der Waals surface area contributed by atoms with Crippen LogP contribution >= 0.6 is 0 Å². The summed E-state index contributed by atoms with van der Waals surface area (Å²) in [6.07, 6.45) is 0. The molecule has 1 aromatic carbocycles. The maximum atomic E-state index is 12.6. The summed E-state index contributed by atoms with van der Waals surface area (Å²) < 4.78 is 0. The van der Waals surface area contributed by atoms with E-state index in [9.17, 15) is 4.79 Å². The van der Waals surface area contributed by atoms with E-state index in [1.54, 1.807) is 0 Å². The van der Waals surface area contributed by atoms with Crippen LogP contribution in [0.15, 0.2) is 18.2 Å². The van der Waals surface area contributed by atoms with Crippen LogP contribution in [-0.2, 0) is 0 Å². The summed E-state index contributed by atoms with van der Waals surface area (Å²) in [7, 11) is 0. The van der Waals surface area contributed by atoms with Crippen molar-refractivity contribution in [2.45, 2.75) is 40.7 Å². The molecule has 1 aliphatic carbocycles. The summed E-state index contributed by atoms with van der Waals surface area (Å²) in [6.45, 7) is 10.4. The summed E-state index contributed by atoms with van der Waals surface area (Å²) in [5.74, 6) is 5.36. The molecule has 2 N–H and O–H groups in total. The number of carbonyl (C=O) groups is 1. The Morgan fingerprint density at radius 2 is 1.90 bits per heavy atom. The van der Waals surface area contributed by atoms with Crippen LogP contribution in [-0.4, -0.2) is 23.7 Å². The molecule has 1 amide bonds. The zero-order valence-electron chi connectivity index (χ0n) is 13.4. The van der Waals surface area contributed by atoms with Gasteiger partial charge >= 0.3 is 0 Å². The number of benzene rings is 1. The zero-order chi connectivity index (χ0) is 15.8. The molecule has 0 heterocycles. The van der Waals surface area contributed by atoms with Crippen molar-refractivity contribution in [3.63, 3.8) is 0 Å². The zero-order valence-corrected chi connectivity index (χ0v) is 13.4. The molecule has 3 nitrogen and oxygen atoms in total. The molecule has 1 aromatic rings. The Labute approximate surface area is 126 Å². The van der Waals surface area contributed by atoms with Crippen LogP contribution in [0.25, 0.3) is 0 Å². The summed E-state index contributed by atoms with van der Waals surface area (Å²) >= 11 is 0. The number of aliphatic hydroxyl groups is 1. The molecule has 1 saturated carbocycles. The molecular weight excluding hydrogens is 262 g/mol. The first-order chi connectivity index (χ1) is 9.71. The molecule has 112 valence electrons. The van der Waals surface area contributed by atoms with E-state index >= 15 is 0 Å². The Bertz CT molecular complexity index is 618. The fourth-order valence-electron chi connectivity index (χ4n) is 2.86. The SMILES string of the molecule is Cc1ccc(C#CCO)c(C(=O)NC2C(C)(C)C2(C)C)c1. The van der Waals surface area contributed by atoms with E-state index in [2.05, 4.69) is 44.9 Å². The van der Waals surface area contributed by atoms with Gasteiger partial charge in [0, 0.05) is 11.6 Å². The normalized spacial score (nSPS) is 18.6. The second-order valence-corrected chi connectivity index (χ2v) is 6.86. The first-order valence-electron chi connectivity index (χ1n) is 7.23. The molecule has 0 radical (unpaired) electrons. The fourth-order valence-corrected chi connectivity index (χ4v) is 2.86. The summed E-state index contributed by atoms with van der Waals surface area (Å²) in [5.41, 5.74) is 2.45. The van der Waals surface area contributed by atoms with E-state index in [-0.39, 0.29) is 29.4 Å². The summed E-state index contributed by atoms with van der Waals surface area (Å²) in [5, 5.41) is 12.0. The Morgan fingerprint density at radius 1 is 1.29 bits per heavy atom. The fraction of sp³-hybridized carbons (Fsp3) is 0.500. The van der Waals surface area contributed by atoms with Gasteiger partial charge in [0.05, 0.1) is 5.56 Å². The molecular formula is C18H23NO2. The van der Waals surface area contributed by atoms with Crippen molar-refractivity contribution >= 4 is 5.91 Å². The average Bonchev–Trinajstić information content (AvgIpc) is 2.79. The summed E-state index contributed by atoms with van der Waals surface area (Å²) in [4.78, 5) is 12.6. The van der Waals surface area contributed by atoms with Gasteiger partial charge in [-0.15, -0.1) is 0 Å². The van der Waals surface area contributed by atoms with Crippen LogP contribution in [0, 0.1) is 29.6 Å². The lowest BCUT2D eigenvalue weighted by atomic mass is 10.0. The van der Waals surface area contributed by atoms with Gasteiger partial charge in [0.25, 0.3) is 5.91 Å². The highest BCUT2D eigenvalue weighted by Gasteiger charge is 2.65. The van der Waals surface area contributed by atoms with Gasteiger partial charge < -0.3 is 10.4 Å². The van der Waals surface area contributed by atoms with Crippen LogP contribution in [0.4, 0.5) is 0 Å². The predicted molar refractivity (Wildman–Crippen MR) is 84.0 cm³/mol. The van der Waals surface area contributed by atoms with Gasteiger partial charge in [-0.3, -0.25) is 4.79 Å². The summed E-state index contributed by atoms with van der Waals surface area (Å²) in [6, 6.07) is 5.76. The van der Waals surface area contributed by atoms with E-state index in [1.165, 1.54) is 0 Å². The number of carbonyl (C=O) groups excluding carboxylic acids is 1. The predicted octanol–water partition coefficient (Wildman–Crippen LogP) is 2.50. The highest BCUT2D eigenvalue weighted by Crippen LogP contribution is 2.62. The second-order valence-electron chi connectivity index (χ2n) is 6.86. The Balaban J connectivity index is 2.26. The van der Waals surface area contributed by atoms with Crippen molar-refractivity contribution in [1.29, 1.82) is 0 Å². The molecule has 1 fully saturated rings. The standard InChI is InChI=1S/C18H23NO2/c1-12-8-9-13(7-6-10-20)14(11-12)15(21)19-16-17(2,3)18(16,4)5/h8-9,11,16,20H,10H2,1-5H3,(H,19,21). The highest BCUT2D eigenvalue weighted by molar-refractivity contribution is 5.97. The molecule has 0 unspecified atom stereocenters. The number of hydrogen-bond acceptors (Lipinski definition) is 2. The van der Waals surface area contributed by atoms with E-state index in [4.69, 9.17) is 5.11 Å². The molecule has 1 aliphatic rings. The van der Waals surface area contributed by atoms with Gasteiger partial charge in [-0.05, 0) is 29.9 Å². The lowest BCUT2D eigenvalue weighted by Gasteiger charge is -2.09. The number of nitrogens with one attached hydrogen (secondary N) is 1. The molecule has 3 heteroatoms. The van der Waals surface area contributed by atoms with Gasteiger partial charge in [0.2, 0.25) is 0 Å². The van der Waals surface area contributed by atoms with Gasteiger partial charge in [0.1, 0.15) is 6.61 Å². The first-order valence-corrected chi connectivity index (χ1v) is 7.23. The number of hydrogen-bond donors (Lipinski definition) is 2. The lowest BCUT2D eigenvalue weighted by molar-refractivity contribution is 0.0943. The third kappa shape index (κ3) is 2.69. The van der Waals surface area contributed by atoms with Gasteiger partial charge in [-0.25, -0.2) is 0 Å². The van der Waals surface area contributed by atoms with Crippen molar-refractivity contribution in [3.05, 3.63) is 34.9 Å². The lowest BCUT2D eigenvalue weighted by Crippen LogP contribution is -2.30. The van der Waals surface area contributed by atoms with Crippen LogP contribution in [0.2, 0.25) is 0 Å². The first kappa shape index (κ1) is 15.6. The maximum absolute atomic E-state index is 12.6. The minimum absolute atomic E-state index is 0.0930. The molecule has 21 heavy (non-hydrogen) atoms. The highest BCUT2D eigenvalue weighted by atomic mass is 16.2. The molecule has 0 bridgehead atoms. The monoisotopic (exact) mass is 285 g/mol. The van der Waals surface area contributed by atoms with Gasteiger partial charge in [-0.1, -0.05) is 51.2 Å². The second kappa shape index (κ2) is 5.20. The van der Waals surface area contributed by atoms with Crippen molar-refractivity contribution in [1.82, 2.24) is 5.32 Å². The average molecular weight is 285 g/mol. The van der Waals surface area contributed by atoms with Crippen LogP contribution in [0.3, 0.4) is 0 Å². The van der Waals surface area contributed by atoms with Gasteiger partial charge in [0.15, 0.2) is 0 Å². The van der Waals surface area contributed by atoms with E-state index in [1.807, 2.05) is 25.1 Å². The number of aliphatic hydroxyl groups excluding tert-OH is 1. The smallest absolute Gasteiger partial charge is 0.252 e. The Hall–Kier alpha value is -1.79. The third-order valence-corrected chi connectivity index (χ3v) is 5.02. The number of rotatable bonds is 2. The van der Waals surface area contributed by atoms with Crippen molar-refractivity contribution < 1.29 is 9.90 Å². The Kier molecular flexibility index (Phi) is 3.86. The van der Waals surface area contributed by atoms with E-state index in [0.29, 0.717) is 11.1 Å². The molecule has 0 atom stereocenters. The quantitative estimate of drug-likeness (QED) is 0.820. The maximum Gasteiger partial charge on any atom is 0.252 e. The Morgan fingerprint density at radius 3 is 2.43 bits per heavy atom. The third-order valence-electron chi connectivity index (χ3n) is 5.02. The van der Waals surface area contributed by atoms with Crippen molar-refractivity contribution in [2.75, 3.05) is 6.61 Å². The van der Waals surface area contributed by atoms with Crippen LogP contribution < -0.4 is 5.32 Å². The number of amides is 1. The van der Waals surface area contributed by atoms with Crippen molar-refractivity contribution in [3.8, 4) is 11.8 Å². The van der Waals surface area contributed by atoms with Crippen molar-refractivity contribution in [2.24, 2.45) is 10.8 Å². The minimum atomic E-state index is -0.211. The molecule has 0 spiro atoms. The van der Waals surface area contributed by atoms with Crippen LogP contribution in [0.5, 0.6) is 0 Å². The van der Waals surface area contributed by atoms with Gasteiger partial charge in [-0.2, -0.15) is 0 Å².